The van der Waals surface area contributed by atoms with Gasteiger partial charge < -0.3 is 15.2 Å². The van der Waals surface area contributed by atoms with Crippen LogP contribution in [0.5, 0.6) is 0 Å². The van der Waals surface area contributed by atoms with Crippen molar-refractivity contribution in [3.8, 4) is 0 Å². The molecule has 1 aliphatic carbocycles. The van der Waals surface area contributed by atoms with Gasteiger partial charge in [0.2, 0.25) is 5.79 Å². The third-order valence-electron chi connectivity index (χ3n) is 2.04. The Kier molecular flexibility index (Phi) is 1.64. The Labute approximate surface area is 74.3 Å². The molecule has 2 rings (SSSR count). The summed E-state index contributed by atoms with van der Waals surface area (Å²) < 4.78 is 10.5. The van der Waals surface area contributed by atoms with Gasteiger partial charge in [-0.15, -0.1) is 0 Å². The average Bonchev–Trinajstić information content (AvgIpc) is 2.57. The number of carbonyl (C=O) groups is 1. The first-order chi connectivity index (χ1) is 5.66. The fourth-order valence-corrected chi connectivity index (χ4v) is 1.62. The summed E-state index contributed by atoms with van der Waals surface area (Å²) in [6.07, 6.45) is 0.109. The molecule has 1 spiro atoms. The number of hydrogen-bond donors (Lipinski definition) is 1. The highest BCUT2D eigenvalue weighted by Crippen LogP contribution is 2.38. The summed E-state index contributed by atoms with van der Waals surface area (Å²) in [5.74, 6) is -1.25. The number of hydrogen-bond acceptors (Lipinski definition) is 4. The Balaban J connectivity index is 2.37. The van der Waals surface area contributed by atoms with Gasteiger partial charge in [-0.2, -0.15) is 0 Å². The maximum absolute atomic E-state index is 11.1. The van der Waals surface area contributed by atoms with Gasteiger partial charge in [0.05, 0.1) is 25.3 Å². The molecule has 4 nitrogen and oxygen atoms in total. The van der Waals surface area contributed by atoms with E-state index in [2.05, 4.69) is 0 Å². The van der Waals surface area contributed by atoms with Crippen LogP contribution in [0.1, 0.15) is 6.42 Å². The first-order valence-electron chi connectivity index (χ1n) is 3.62. The largest absolute Gasteiger partial charge is 0.396 e. The van der Waals surface area contributed by atoms with Crippen molar-refractivity contribution < 1.29 is 14.3 Å². The summed E-state index contributed by atoms with van der Waals surface area (Å²) >= 11 is 5.63. The van der Waals surface area contributed by atoms with Crippen LogP contribution in [0.25, 0.3) is 0 Å². The van der Waals surface area contributed by atoms with Crippen LogP contribution in [-0.2, 0) is 14.3 Å². The molecule has 66 valence electrons. The molecule has 0 aromatic carbocycles. The maximum Gasteiger partial charge on any atom is 0.218 e. The number of ether oxygens (including phenoxy) is 2. The van der Waals surface area contributed by atoms with Crippen molar-refractivity contribution >= 4 is 17.4 Å². The molecule has 0 aromatic rings. The van der Waals surface area contributed by atoms with Crippen molar-refractivity contribution in [3.63, 3.8) is 0 Å². The molecule has 1 fully saturated rings. The van der Waals surface area contributed by atoms with Crippen molar-refractivity contribution in [2.75, 3.05) is 13.2 Å². The molecule has 2 N–H and O–H groups in total. The van der Waals surface area contributed by atoms with Gasteiger partial charge in [-0.3, -0.25) is 4.79 Å². The van der Waals surface area contributed by atoms with E-state index in [0.29, 0.717) is 13.2 Å². The maximum atomic E-state index is 11.1. The zero-order valence-corrected chi connectivity index (χ0v) is 7.06. The van der Waals surface area contributed by atoms with Crippen LogP contribution in [0.3, 0.4) is 0 Å². The second kappa shape index (κ2) is 2.45. The van der Waals surface area contributed by atoms with Crippen LogP contribution in [0.2, 0.25) is 0 Å². The van der Waals surface area contributed by atoms with E-state index in [9.17, 15) is 4.79 Å². The van der Waals surface area contributed by atoms with E-state index in [4.69, 9.17) is 26.8 Å². The third kappa shape index (κ3) is 0.888. The number of nitrogens with two attached hydrogens (primary N) is 1. The number of ketones is 1. The lowest BCUT2D eigenvalue weighted by Gasteiger charge is -2.21. The number of halogens is 1. The first-order valence-corrected chi connectivity index (χ1v) is 4.00. The molecule has 0 atom stereocenters. The molecule has 1 saturated heterocycles. The lowest BCUT2D eigenvalue weighted by atomic mass is 10.2. The highest BCUT2D eigenvalue weighted by Gasteiger charge is 2.48. The smallest absolute Gasteiger partial charge is 0.218 e. The predicted molar refractivity (Wildman–Crippen MR) is 41.3 cm³/mol. The molecule has 0 bridgehead atoms. The summed E-state index contributed by atoms with van der Waals surface area (Å²) in [6, 6.07) is 0. The van der Waals surface area contributed by atoms with Gasteiger partial charge in [-0.05, 0) is 0 Å². The number of rotatable bonds is 0. The zero-order valence-electron chi connectivity index (χ0n) is 6.30. The summed E-state index contributed by atoms with van der Waals surface area (Å²) in [6.45, 7) is 0.913. The number of allylic oxidation sites excluding steroid dienone is 1. The Morgan fingerprint density at radius 3 is 2.42 bits per heavy atom. The SMILES string of the molecule is NC1=C(Cl)C(=O)CC12OCCO2. The summed E-state index contributed by atoms with van der Waals surface area (Å²) in [4.78, 5) is 11.1. The Bertz CT molecular complexity index is 268. The second-order valence-corrected chi connectivity index (χ2v) is 3.16. The van der Waals surface area contributed by atoms with Crippen molar-refractivity contribution in [2.45, 2.75) is 12.2 Å². The normalized spacial score (nSPS) is 27.6. The molecule has 12 heavy (non-hydrogen) atoms. The molecule has 0 unspecified atom stereocenters. The van der Waals surface area contributed by atoms with Gasteiger partial charge in [0.25, 0.3) is 0 Å². The van der Waals surface area contributed by atoms with Gasteiger partial charge in [-0.25, -0.2) is 0 Å². The van der Waals surface area contributed by atoms with Crippen molar-refractivity contribution in [3.05, 3.63) is 10.7 Å². The summed E-state index contributed by atoms with van der Waals surface area (Å²) in [7, 11) is 0. The van der Waals surface area contributed by atoms with E-state index in [1.165, 1.54) is 0 Å². The third-order valence-corrected chi connectivity index (χ3v) is 2.45. The van der Waals surface area contributed by atoms with Gasteiger partial charge in [-0.1, -0.05) is 11.6 Å². The van der Waals surface area contributed by atoms with E-state index in [-0.39, 0.29) is 22.9 Å². The van der Waals surface area contributed by atoms with Gasteiger partial charge in [0.1, 0.15) is 5.03 Å². The van der Waals surface area contributed by atoms with Crippen LogP contribution < -0.4 is 5.73 Å². The highest BCUT2D eigenvalue weighted by molar-refractivity contribution is 6.43. The molecular weight excluding hydrogens is 182 g/mol. The predicted octanol–water partition coefficient (Wildman–Crippen LogP) is 0.111. The highest BCUT2D eigenvalue weighted by atomic mass is 35.5. The topological polar surface area (TPSA) is 61.6 Å². The average molecular weight is 190 g/mol. The van der Waals surface area contributed by atoms with E-state index >= 15 is 0 Å². The summed E-state index contributed by atoms with van der Waals surface area (Å²) in [5, 5.41) is 0.0527. The minimum Gasteiger partial charge on any atom is -0.396 e. The quantitative estimate of drug-likeness (QED) is 0.588. The van der Waals surface area contributed by atoms with Crippen molar-refractivity contribution in [1.29, 1.82) is 0 Å². The van der Waals surface area contributed by atoms with E-state index in [1.54, 1.807) is 0 Å². The second-order valence-electron chi connectivity index (χ2n) is 2.78. The molecule has 5 heteroatoms. The number of carbonyl (C=O) groups excluding carboxylic acids is 1. The van der Waals surface area contributed by atoms with Crippen LogP contribution in [-0.4, -0.2) is 24.8 Å². The van der Waals surface area contributed by atoms with Crippen LogP contribution in [0, 0.1) is 0 Å². The standard InChI is InChI=1S/C7H8ClNO3/c8-5-4(10)3-7(6(5)9)11-1-2-12-7/h1-3,9H2. The lowest BCUT2D eigenvalue weighted by molar-refractivity contribution is -0.140. The van der Waals surface area contributed by atoms with E-state index in [1.807, 2.05) is 0 Å². The molecule has 0 saturated carbocycles. The minimum atomic E-state index is -1.03. The lowest BCUT2D eigenvalue weighted by Crippen LogP contribution is -2.34. The molecule has 1 heterocycles. The van der Waals surface area contributed by atoms with E-state index in [0.717, 1.165) is 0 Å². The Morgan fingerprint density at radius 1 is 1.42 bits per heavy atom. The molecular formula is C7H8ClNO3. The van der Waals surface area contributed by atoms with Crippen molar-refractivity contribution in [1.82, 2.24) is 0 Å². The molecule has 0 aromatic heterocycles. The van der Waals surface area contributed by atoms with Gasteiger partial charge in [0, 0.05) is 0 Å². The minimum absolute atomic E-state index is 0.0527. The first kappa shape index (κ1) is 8.04. The fourth-order valence-electron chi connectivity index (χ4n) is 1.41. The molecule has 1 aliphatic heterocycles. The van der Waals surface area contributed by atoms with Crippen molar-refractivity contribution in [2.24, 2.45) is 5.73 Å². The molecule has 2 aliphatic rings. The monoisotopic (exact) mass is 189 g/mol. The number of Topliss-reactive ketones (excluding diaryl/α,β-unsaturated/α-hetero) is 1. The molecule has 0 amide bonds. The Hall–Kier alpha value is -0.580. The Morgan fingerprint density at radius 2 is 2.00 bits per heavy atom. The molecule has 0 radical (unpaired) electrons. The van der Waals surface area contributed by atoms with E-state index < -0.39 is 5.79 Å². The zero-order chi connectivity index (χ0) is 8.77. The fraction of sp³-hybridized carbons (Fsp3) is 0.571. The van der Waals surface area contributed by atoms with Crippen LogP contribution >= 0.6 is 11.6 Å². The summed E-state index contributed by atoms with van der Waals surface area (Å²) in [5.41, 5.74) is 5.80. The van der Waals surface area contributed by atoms with Crippen LogP contribution in [0.15, 0.2) is 10.7 Å². The van der Waals surface area contributed by atoms with Crippen LogP contribution in [0.4, 0.5) is 0 Å². The van der Waals surface area contributed by atoms with Gasteiger partial charge >= 0.3 is 0 Å². The van der Waals surface area contributed by atoms with Gasteiger partial charge in [0.15, 0.2) is 5.78 Å².